The van der Waals surface area contributed by atoms with Gasteiger partial charge in [0, 0.05) is 19.0 Å². The van der Waals surface area contributed by atoms with E-state index in [1.165, 1.54) is 0 Å². The summed E-state index contributed by atoms with van der Waals surface area (Å²) >= 11 is 5.76. The lowest BCUT2D eigenvalue weighted by Gasteiger charge is -2.23. The van der Waals surface area contributed by atoms with Crippen molar-refractivity contribution in [1.82, 2.24) is 0 Å². The Morgan fingerprint density at radius 3 is 2.62 bits per heavy atom. The molecular weight excluding hydrogens is 220 g/mol. The third-order valence-corrected chi connectivity index (χ3v) is 2.86. The average molecular weight is 237 g/mol. The average Bonchev–Trinajstić information content (AvgIpc) is 2.35. The zero-order valence-corrected chi connectivity index (χ0v) is 10.6. The minimum Gasteiger partial charge on any atom is -0.371 e. The highest BCUT2D eigenvalue weighted by Gasteiger charge is 2.09. The van der Waals surface area contributed by atoms with Crippen LogP contribution in [0.5, 0.6) is 0 Å². The van der Waals surface area contributed by atoms with Crippen molar-refractivity contribution in [3.63, 3.8) is 0 Å². The Labute approximate surface area is 102 Å². The van der Waals surface area contributed by atoms with Gasteiger partial charge in [0.2, 0.25) is 0 Å². The minimum atomic E-state index is 0.453. The van der Waals surface area contributed by atoms with E-state index in [2.05, 4.69) is 24.8 Å². The molecule has 0 fully saturated rings. The summed E-state index contributed by atoms with van der Waals surface area (Å²) in [5, 5.41) is 9.13. The molecule has 0 heterocycles. The van der Waals surface area contributed by atoms with Crippen LogP contribution >= 0.6 is 11.6 Å². The second kappa shape index (κ2) is 6.40. The molecule has 0 atom stereocenters. The van der Waals surface area contributed by atoms with Gasteiger partial charge in [0.05, 0.1) is 11.3 Å². The Balaban J connectivity index is 3.07. The first-order valence-corrected chi connectivity index (χ1v) is 6.14. The maximum Gasteiger partial charge on any atom is 0.101 e. The fraction of sp³-hybridized carbons (Fsp3) is 0.462. The van der Waals surface area contributed by atoms with Crippen LogP contribution in [0.1, 0.15) is 31.4 Å². The number of hydrogen-bond donors (Lipinski definition) is 0. The smallest absolute Gasteiger partial charge is 0.101 e. The summed E-state index contributed by atoms with van der Waals surface area (Å²) in [5.74, 6) is 0.453. The Morgan fingerprint density at radius 2 is 2.12 bits per heavy atom. The summed E-state index contributed by atoms with van der Waals surface area (Å²) in [6.07, 6.45) is 1.08. The first-order valence-electron chi connectivity index (χ1n) is 5.60. The van der Waals surface area contributed by atoms with E-state index in [9.17, 15) is 0 Å². The Morgan fingerprint density at radius 1 is 1.38 bits per heavy atom. The molecule has 1 aromatic rings. The van der Waals surface area contributed by atoms with Crippen molar-refractivity contribution in [2.45, 2.75) is 26.1 Å². The van der Waals surface area contributed by atoms with Gasteiger partial charge in [0.15, 0.2) is 0 Å². The van der Waals surface area contributed by atoms with Crippen LogP contribution in [0.25, 0.3) is 0 Å². The van der Waals surface area contributed by atoms with Crippen LogP contribution in [0.4, 0.5) is 5.69 Å². The molecule has 1 rings (SSSR count). The molecule has 0 aromatic heterocycles. The number of halogens is 1. The van der Waals surface area contributed by atoms with Gasteiger partial charge in [0.1, 0.15) is 6.07 Å². The number of hydrogen-bond acceptors (Lipinski definition) is 2. The van der Waals surface area contributed by atoms with E-state index in [1.54, 1.807) is 0 Å². The molecule has 86 valence electrons. The largest absolute Gasteiger partial charge is 0.371 e. The first kappa shape index (κ1) is 12.9. The van der Waals surface area contributed by atoms with Gasteiger partial charge in [-0.3, -0.25) is 0 Å². The maximum atomic E-state index is 9.13. The highest BCUT2D eigenvalue weighted by molar-refractivity contribution is 6.17. The third kappa shape index (κ3) is 2.90. The molecule has 1 aromatic carbocycles. The van der Waals surface area contributed by atoms with Crippen LogP contribution in [-0.2, 0) is 5.88 Å². The van der Waals surface area contributed by atoms with Crippen molar-refractivity contribution in [2.75, 3.05) is 18.0 Å². The summed E-state index contributed by atoms with van der Waals surface area (Å²) in [6, 6.07) is 8.10. The van der Waals surface area contributed by atoms with Crippen LogP contribution in [-0.4, -0.2) is 13.1 Å². The molecule has 0 amide bonds. The highest BCUT2D eigenvalue weighted by atomic mass is 35.5. The lowest BCUT2D eigenvalue weighted by atomic mass is 10.1. The van der Waals surface area contributed by atoms with E-state index in [4.69, 9.17) is 16.9 Å². The number of nitrogens with zero attached hydrogens (tertiary/aromatic N) is 2. The van der Waals surface area contributed by atoms with Gasteiger partial charge in [-0.25, -0.2) is 0 Å². The molecule has 0 aliphatic carbocycles. The quantitative estimate of drug-likeness (QED) is 0.732. The summed E-state index contributed by atoms with van der Waals surface area (Å²) in [6.45, 7) is 6.14. The summed E-state index contributed by atoms with van der Waals surface area (Å²) in [5.41, 5.74) is 2.73. The summed E-state index contributed by atoms with van der Waals surface area (Å²) in [4.78, 5) is 2.22. The van der Waals surface area contributed by atoms with E-state index in [-0.39, 0.29) is 0 Å². The standard InChI is InChI=1S/C13H17ClN2/c1-3-7-16(4-2)13-6-5-11(9-14)8-12(13)10-15/h5-6,8H,3-4,7,9H2,1-2H3. The van der Waals surface area contributed by atoms with Crippen LogP contribution < -0.4 is 4.90 Å². The molecule has 0 saturated heterocycles. The molecule has 0 aliphatic heterocycles. The summed E-state index contributed by atoms with van der Waals surface area (Å²) in [7, 11) is 0. The van der Waals surface area contributed by atoms with Crippen LogP contribution in [0, 0.1) is 11.3 Å². The predicted octanol–water partition coefficient (Wildman–Crippen LogP) is 3.53. The van der Waals surface area contributed by atoms with Crippen molar-refractivity contribution >= 4 is 17.3 Å². The van der Waals surface area contributed by atoms with E-state index >= 15 is 0 Å². The molecule has 16 heavy (non-hydrogen) atoms. The first-order chi connectivity index (χ1) is 7.76. The van der Waals surface area contributed by atoms with Gasteiger partial charge in [-0.05, 0) is 31.0 Å². The molecule has 0 bridgehead atoms. The number of benzene rings is 1. The Kier molecular flexibility index (Phi) is 5.14. The predicted molar refractivity (Wildman–Crippen MR) is 68.9 cm³/mol. The monoisotopic (exact) mass is 236 g/mol. The summed E-state index contributed by atoms with van der Waals surface area (Å²) < 4.78 is 0. The number of rotatable bonds is 5. The van der Waals surface area contributed by atoms with E-state index < -0.39 is 0 Å². The van der Waals surface area contributed by atoms with Crippen LogP contribution in [0.3, 0.4) is 0 Å². The molecule has 0 spiro atoms. The topological polar surface area (TPSA) is 27.0 Å². The number of nitriles is 1. The molecular formula is C13H17ClN2. The molecule has 0 N–H and O–H groups in total. The molecule has 0 saturated carbocycles. The number of alkyl halides is 1. The Bertz CT molecular complexity index is 382. The fourth-order valence-corrected chi connectivity index (χ4v) is 1.92. The minimum absolute atomic E-state index is 0.453. The van der Waals surface area contributed by atoms with Gasteiger partial charge in [-0.1, -0.05) is 13.0 Å². The van der Waals surface area contributed by atoms with Crippen molar-refractivity contribution < 1.29 is 0 Å². The van der Waals surface area contributed by atoms with Crippen molar-refractivity contribution in [3.8, 4) is 6.07 Å². The van der Waals surface area contributed by atoms with E-state index in [0.29, 0.717) is 11.4 Å². The maximum absolute atomic E-state index is 9.13. The van der Waals surface area contributed by atoms with Gasteiger partial charge >= 0.3 is 0 Å². The van der Waals surface area contributed by atoms with Gasteiger partial charge in [0.25, 0.3) is 0 Å². The molecule has 0 unspecified atom stereocenters. The van der Waals surface area contributed by atoms with Crippen LogP contribution in [0.2, 0.25) is 0 Å². The normalized spacial score (nSPS) is 9.88. The fourth-order valence-electron chi connectivity index (χ4n) is 1.75. The molecule has 3 heteroatoms. The molecule has 0 aliphatic rings. The number of anilines is 1. The third-order valence-electron chi connectivity index (χ3n) is 2.55. The zero-order chi connectivity index (χ0) is 12.0. The van der Waals surface area contributed by atoms with Crippen molar-refractivity contribution in [1.29, 1.82) is 5.26 Å². The highest BCUT2D eigenvalue weighted by Crippen LogP contribution is 2.22. The molecule has 2 nitrogen and oxygen atoms in total. The van der Waals surface area contributed by atoms with E-state index in [1.807, 2.05) is 18.2 Å². The zero-order valence-electron chi connectivity index (χ0n) is 9.83. The lowest BCUT2D eigenvalue weighted by molar-refractivity contribution is 0.790. The Hall–Kier alpha value is -1.20. The van der Waals surface area contributed by atoms with Gasteiger partial charge in [-0.2, -0.15) is 5.26 Å². The van der Waals surface area contributed by atoms with E-state index in [0.717, 1.165) is 30.8 Å². The van der Waals surface area contributed by atoms with Crippen molar-refractivity contribution in [3.05, 3.63) is 29.3 Å². The van der Waals surface area contributed by atoms with Gasteiger partial charge < -0.3 is 4.90 Å². The second-order valence-corrected chi connectivity index (χ2v) is 3.94. The SMILES string of the molecule is CCCN(CC)c1ccc(CCl)cc1C#N. The second-order valence-electron chi connectivity index (χ2n) is 3.68. The molecule has 0 radical (unpaired) electrons. The van der Waals surface area contributed by atoms with Crippen molar-refractivity contribution in [2.24, 2.45) is 0 Å². The van der Waals surface area contributed by atoms with Crippen LogP contribution in [0.15, 0.2) is 18.2 Å². The van der Waals surface area contributed by atoms with Gasteiger partial charge in [-0.15, -0.1) is 11.6 Å². The lowest BCUT2D eigenvalue weighted by Crippen LogP contribution is -2.24.